The maximum atomic E-state index is 11.8. The molecule has 0 bridgehead atoms. The van der Waals surface area contributed by atoms with Crippen molar-refractivity contribution in [1.82, 2.24) is 0 Å². The lowest BCUT2D eigenvalue weighted by atomic mass is 10.1. The van der Waals surface area contributed by atoms with Crippen LogP contribution in [0.1, 0.15) is 31.8 Å². The molecule has 4 nitrogen and oxygen atoms in total. The molecule has 0 aliphatic heterocycles. The Morgan fingerprint density at radius 3 is 1.35 bits per heavy atom. The Kier molecular flexibility index (Phi) is 8.71. The third kappa shape index (κ3) is 7.77. The first-order valence-corrected chi connectivity index (χ1v) is 10.6. The van der Waals surface area contributed by atoms with Crippen molar-refractivity contribution in [2.45, 2.75) is 0 Å². The molecule has 2 N–H and O–H groups in total. The first-order valence-electron chi connectivity index (χ1n) is 10.6. The lowest BCUT2D eigenvalue weighted by Gasteiger charge is -1.97. The average Bonchev–Trinajstić information content (AvgIpc) is 2.89. The Bertz CT molecular complexity index is 1260. The predicted octanol–water partition coefficient (Wildman–Crippen LogP) is 6.58. The summed E-state index contributed by atoms with van der Waals surface area (Å²) in [5.41, 5.74) is 3.10. The fourth-order valence-electron chi connectivity index (χ4n) is 2.91. The molecule has 4 aromatic rings. The molecule has 0 spiro atoms. The zero-order valence-corrected chi connectivity index (χ0v) is 18.4. The molecular formula is C30H24O4. The molecule has 0 unspecified atom stereocenters. The molecule has 0 atom stereocenters. The van der Waals surface area contributed by atoms with Crippen molar-refractivity contribution in [3.05, 3.63) is 144 Å². The summed E-state index contributed by atoms with van der Waals surface area (Å²) in [7, 11) is 0. The number of ketones is 2. The van der Waals surface area contributed by atoms with E-state index < -0.39 is 0 Å². The van der Waals surface area contributed by atoms with Crippen molar-refractivity contribution < 1.29 is 19.8 Å². The van der Waals surface area contributed by atoms with Crippen LogP contribution < -0.4 is 0 Å². The van der Waals surface area contributed by atoms with Crippen molar-refractivity contribution in [3.8, 4) is 11.5 Å². The quantitative estimate of drug-likeness (QED) is 0.258. The summed E-state index contributed by atoms with van der Waals surface area (Å²) >= 11 is 0. The molecule has 0 radical (unpaired) electrons. The highest BCUT2D eigenvalue weighted by molar-refractivity contribution is 6.07. The number of rotatable bonds is 6. The highest BCUT2D eigenvalue weighted by Gasteiger charge is 2.01. The van der Waals surface area contributed by atoms with Gasteiger partial charge in [-0.25, -0.2) is 0 Å². The lowest BCUT2D eigenvalue weighted by molar-refractivity contribution is 0.103. The van der Waals surface area contributed by atoms with Crippen molar-refractivity contribution in [3.63, 3.8) is 0 Å². The number of hydrogen-bond acceptors (Lipinski definition) is 4. The molecule has 0 aromatic heterocycles. The molecule has 168 valence electrons. The van der Waals surface area contributed by atoms with Crippen LogP contribution in [-0.4, -0.2) is 21.8 Å². The third-order valence-electron chi connectivity index (χ3n) is 4.76. The fourth-order valence-corrected chi connectivity index (χ4v) is 2.91. The highest BCUT2D eigenvalue weighted by Crippen LogP contribution is 2.13. The second kappa shape index (κ2) is 12.4. The van der Waals surface area contributed by atoms with Crippen LogP contribution in [-0.2, 0) is 0 Å². The van der Waals surface area contributed by atoms with Gasteiger partial charge in [-0.05, 0) is 59.7 Å². The maximum Gasteiger partial charge on any atom is 0.185 e. The molecular weight excluding hydrogens is 424 g/mol. The molecule has 4 heteroatoms. The van der Waals surface area contributed by atoms with Gasteiger partial charge in [-0.3, -0.25) is 9.59 Å². The summed E-state index contributed by atoms with van der Waals surface area (Å²) in [6, 6.07) is 31.7. The Labute approximate surface area is 198 Å². The predicted molar refractivity (Wildman–Crippen MR) is 136 cm³/mol. The topological polar surface area (TPSA) is 74.6 Å². The van der Waals surface area contributed by atoms with Crippen molar-refractivity contribution in [2.24, 2.45) is 0 Å². The van der Waals surface area contributed by atoms with Crippen LogP contribution in [0.2, 0.25) is 0 Å². The highest BCUT2D eigenvalue weighted by atomic mass is 16.3. The van der Waals surface area contributed by atoms with Crippen LogP contribution in [0.4, 0.5) is 0 Å². The fraction of sp³-hybridized carbons (Fsp3) is 0. The van der Waals surface area contributed by atoms with E-state index in [2.05, 4.69) is 0 Å². The number of phenolic OH excluding ortho intramolecular Hbond substituents is 2. The van der Waals surface area contributed by atoms with Crippen LogP contribution in [0.3, 0.4) is 0 Å². The zero-order valence-electron chi connectivity index (χ0n) is 18.4. The van der Waals surface area contributed by atoms with Gasteiger partial charge in [0.25, 0.3) is 0 Å². The minimum atomic E-state index is -0.136. The Morgan fingerprint density at radius 1 is 0.471 bits per heavy atom. The summed E-state index contributed by atoms with van der Waals surface area (Å²) in [6.45, 7) is 0. The van der Waals surface area contributed by atoms with E-state index >= 15 is 0 Å². The van der Waals surface area contributed by atoms with Gasteiger partial charge in [0, 0.05) is 11.1 Å². The van der Waals surface area contributed by atoms with E-state index in [9.17, 15) is 9.59 Å². The monoisotopic (exact) mass is 448 g/mol. The van der Waals surface area contributed by atoms with E-state index in [4.69, 9.17) is 10.2 Å². The van der Waals surface area contributed by atoms with E-state index in [1.54, 1.807) is 48.6 Å². The number of aromatic hydroxyl groups is 2. The number of carbonyl (C=O) groups is 2. The van der Waals surface area contributed by atoms with Crippen LogP contribution in [0.25, 0.3) is 12.2 Å². The van der Waals surface area contributed by atoms with Crippen LogP contribution in [0.15, 0.2) is 121 Å². The summed E-state index contributed by atoms with van der Waals surface area (Å²) in [4.78, 5) is 23.5. The largest absolute Gasteiger partial charge is 0.508 e. The Morgan fingerprint density at radius 2 is 0.853 bits per heavy atom. The van der Waals surface area contributed by atoms with E-state index in [-0.39, 0.29) is 23.1 Å². The molecule has 0 aliphatic carbocycles. The third-order valence-corrected chi connectivity index (χ3v) is 4.76. The molecule has 34 heavy (non-hydrogen) atoms. The molecule has 4 rings (SSSR count). The summed E-state index contributed by atoms with van der Waals surface area (Å²) < 4.78 is 0. The van der Waals surface area contributed by atoms with Gasteiger partial charge in [0.1, 0.15) is 11.5 Å². The van der Waals surface area contributed by atoms with Gasteiger partial charge in [-0.15, -0.1) is 0 Å². The summed E-state index contributed by atoms with van der Waals surface area (Å²) in [6.07, 6.45) is 6.56. The van der Waals surface area contributed by atoms with Crippen molar-refractivity contribution >= 4 is 23.7 Å². The van der Waals surface area contributed by atoms with Gasteiger partial charge in [-0.1, -0.05) is 84.9 Å². The Hall–Kier alpha value is -4.70. The standard InChI is InChI=1S/C15H12O3.C15H12O/c16-13-6-1-11(2-7-13)3-10-15(18)12-4-8-14(17)9-5-12;16-15(14-9-5-2-6-10-14)12-11-13-7-3-1-4-8-13/h1-10,16-17H;1-12H/b10-3+;12-11+. The second-order valence-corrected chi connectivity index (χ2v) is 7.31. The SMILES string of the molecule is O=C(/C=C/c1ccc(O)cc1)c1ccc(O)cc1.O=C(/C=C/c1ccccc1)c1ccccc1. The minimum Gasteiger partial charge on any atom is -0.508 e. The number of hydrogen-bond donors (Lipinski definition) is 2. The van der Waals surface area contributed by atoms with E-state index in [1.807, 2.05) is 66.7 Å². The molecule has 0 saturated heterocycles. The number of carbonyl (C=O) groups excluding carboxylic acids is 2. The van der Waals surface area contributed by atoms with Gasteiger partial charge in [0.05, 0.1) is 0 Å². The average molecular weight is 449 g/mol. The normalized spacial score (nSPS) is 10.6. The zero-order chi connectivity index (χ0) is 24.2. The van der Waals surface area contributed by atoms with Gasteiger partial charge < -0.3 is 10.2 Å². The van der Waals surface area contributed by atoms with Gasteiger partial charge in [0.2, 0.25) is 0 Å². The smallest absolute Gasteiger partial charge is 0.185 e. The summed E-state index contributed by atoms with van der Waals surface area (Å²) in [5, 5.41) is 18.2. The number of phenols is 2. The van der Waals surface area contributed by atoms with Crippen molar-refractivity contribution in [1.29, 1.82) is 0 Å². The van der Waals surface area contributed by atoms with Crippen LogP contribution >= 0.6 is 0 Å². The Balaban J connectivity index is 0.000000192. The molecule has 4 aromatic carbocycles. The molecule has 0 aliphatic rings. The molecule has 0 fully saturated rings. The van der Waals surface area contributed by atoms with E-state index in [1.165, 1.54) is 18.2 Å². The molecule has 0 saturated carbocycles. The lowest BCUT2D eigenvalue weighted by Crippen LogP contribution is -1.92. The van der Waals surface area contributed by atoms with Crippen LogP contribution in [0, 0.1) is 0 Å². The first kappa shape index (κ1) is 24.0. The number of benzene rings is 4. The van der Waals surface area contributed by atoms with E-state index in [0.717, 1.165) is 16.7 Å². The maximum absolute atomic E-state index is 11.8. The molecule has 0 amide bonds. The van der Waals surface area contributed by atoms with Gasteiger partial charge >= 0.3 is 0 Å². The number of allylic oxidation sites excluding steroid dienone is 2. The minimum absolute atomic E-state index is 0.0319. The van der Waals surface area contributed by atoms with Crippen molar-refractivity contribution in [2.75, 3.05) is 0 Å². The van der Waals surface area contributed by atoms with Gasteiger partial charge in [-0.2, -0.15) is 0 Å². The van der Waals surface area contributed by atoms with Gasteiger partial charge in [0.15, 0.2) is 11.6 Å². The van der Waals surface area contributed by atoms with E-state index in [0.29, 0.717) is 5.56 Å². The second-order valence-electron chi connectivity index (χ2n) is 7.31. The summed E-state index contributed by atoms with van der Waals surface area (Å²) in [5.74, 6) is 0.221. The molecule has 0 heterocycles. The first-order chi connectivity index (χ1) is 16.5. The van der Waals surface area contributed by atoms with Crippen LogP contribution in [0.5, 0.6) is 11.5 Å².